The number of hydrogen-bond donors (Lipinski definition) is 2. The topological polar surface area (TPSA) is 110 Å². The first kappa shape index (κ1) is 18.1. The van der Waals surface area contributed by atoms with Crippen molar-refractivity contribution >= 4 is 22.3 Å². The Balaban J connectivity index is 1.00. The monoisotopic (exact) mass is 482 g/mol. The summed E-state index contributed by atoms with van der Waals surface area (Å²) in [6, 6.07) is 11.3. The van der Waals surface area contributed by atoms with Crippen molar-refractivity contribution in [1.82, 2.24) is 34.7 Å². The Kier molecular flexibility index (Phi) is 3.82. The quantitative estimate of drug-likeness (QED) is 0.408. The molecule has 2 N–H and O–H groups in total. The number of carbonyl (C=O) groups is 1. The molecule has 1 amide bonds. The number of benzene rings is 1. The van der Waals surface area contributed by atoms with E-state index in [0.29, 0.717) is 28.2 Å². The first-order valence-corrected chi connectivity index (χ1v) is 12.0. The van der Waals surface area contributed by atoms with Crippen LogP contribution in [-0.4, -0.2) is 41.3 Å². The third kappa shape index (κ3) is 3.26. The minimum absolute atomic E-state index is 0.106. The molecular formula is C27H25N7O2. The van der Waals surface area contributed by atoms with Crippen molar-refractivity contribution in [2.45, 2.75) is 37.6 Å². The number of amides is 1. The van der Waals surface area contributed by atoms with Gasteiger partial charge in [0, 0.05) is 46.4 Å². The van der Waals surface area contributed by atoms with Crippen LogP contribution in [-0.2, 0) is 6.98 Å². The second-order valence-corrected chi connectivity index (χ2v) is 10.1. The van der Waals surface area contributed by atoms with E-state index in [0.717, 1.165) is 47.0 Å². The van der Waals surface area contributed by atoms with E-state index in [2.05, 4.69) is 25.6 Å². The van der Waals surface area contributed by atoms with Crippen molar-refractivity contribution in [3.63, 3.8) is 0 Å². The molecule has 4 aromatic heterocycles. The van der Waals surface area contributed by atoms with Gasteiger partial charge in [-0.15, -0.1) is 0 Å². The number of imidazole rings is 1. The van der Waals surface area contributed by atoms with Gasteiger partial charge in [-0.2, -0.15) is 10.2 Å². The first-order chi connectivity index (χ1) is 18.7. The van der Waals surface area contributed by atoms with Crippen molar-refractivity contribution in [1.29, 1.82) is 0 Å². The highest BCUT2D eigenvalue weighted by atomic mass is 16.2. The molecule has 1 spiro atoms. The standard InChI is InChI=1S/C27H25N7O2/c1-33-15-18(13-29-33)16-6-7-34-22(14-28-23(34)8-16)26(36)30-19-11-27(12-19)9-17(10-27)24-20-4-2-3-5-21(20)25(35)32-31-24/h2-8,13-15,17,19H,9-12H2,1H3,(H,30,36)(H,32,35)/i1D3. The third-order valence-corrected chi connectivity index (χ3v) is 7.83. The van der Waals surface area contributed by atoms with Gasteiger partial charge in [0.2, 0.25) is 0 Å². The number of nitrogens with one attached hydrogen (secondary N) is 2. The van der Waals surface area contributed by atoms with Crippen LogP contribution < -0.4 is 10.9 Å². The lowest BCUT2D eigenvalue weighted by Crippen LogP contribution is -2.55. The van der Waals surface area contributed by atoms with Crippen LogP contribution in [0.25, 0.3) is 27.5 Å². The van der Waals surface area contributed by atoms with E-state index >= 15 is 0 Å². The van der Waals surface area contributed by atoms with E-state index < -0.39 is 6.98 Å². The molecule has 0 radical (unpaired) electrons. The second kappa shape index (κ2) is 7.61. The van der Waals surface area contributed by atoms with Gasteiger partial charge in [-0.3, -0.25) is 18.7 Å². The largest absolute Gasteiger partial charge is 0.348 e. The number of nitrogens with zero attached hydrogens (tertiary/aromatic N) is 5. The number of hydrogen-bond acceptors (Lipinski definition) is 5. The summed E-state index contributed by atoms with van der Waals surface area (Å²) in [5, 5.41) is 15.7. The highest BCUT2D eigenvalue weighted by Crippen LogP contribution is 2.62. The average molecular weight is 483 g/mol. The minimum Gasteiger partial charge on any atom is -0.348 e. The summed E-state index contributed by atoms with van der Waals surface area (Å²) in [6.45, 7) is -2.34. The van der Waals surface area contributed by atoms with Crippen LogP contribution in [0.2, 0.25) is 0 Å². The SMILES string of the molecule is [2H]C([2H])([2H])n1cc(-c2ccn3c(C(=O)NC4CC5(C4)CC(c4n[nH]c(=O)c6ccccc46)C5)cnc3c2)cn1. The molecule has 2 aliphatic rings. The summed E-state index contributed by atoms with van der Waals surface area (Å²) < 4.78 is 25.2. The zero-order chi connectivity index (χ0) is 26.9. The van der Waals surface area contributed by atoms with Crippen LogP contribution in [0.1, 0.15) is 51.9 Å². The molecule has 0 atom stereocenters. The number of rotatable bonds is 4. The van der Waals surface area contributed by atoms with Crippen LogP contribution in [0, 0.1) is 5.41 Å². The highest BCUT2D eigenvalue weighted by Gasteiger charge is 2.54. The van der Waals surface area contributed by atoms with E-state index in [1.165, 1.54) is 12.4 Å². The lowest BCUT2D eigenvalue weighted by Gasteiger charge is -2.57. The van der Waals surface area contributed by atoms with E-state index in [1.54, 1.807) is 22.9 Å². The number of carbonyl (C=O) groups excluding carboxylic acids is 1. The predicted molar refractivity (Wildman–Crippen MR) is 135 cm³/mol. The molecule has 2 fully saturated rings. The molecule has 9 nitrogen and oxygen atoms in total. The first-order valence-electron chi connectivity index (χ1n) is 13.5. The summed E-state index contributed by atoms with van der Waals surface area (Å²) in [5.74, 6) is 0.137. The number of aromatic nitrogens is 6. The van der Waals surface area contributed by atoms with E-state index in [-0.39, 0.29) is 22.9 Å². The average Bonchev–Trinajstić information content (AvgIpc) is 3.53. The van der Waals surface area contributed by atoms with Gasteiger partial charge in [-0.05, 0) is 54.9 Å². The Morgan fingerprint density at radius 3 is 2.78 bits per heavy atom. The molecule has 9 heteroatoms. The van der Waals surface area contributed by atoms with Gasteiger partial charge in [-0.25, -0.2) is 10.1 Å². The molecule has 36 heavy (non-hydrogen) atoms. The Bertz CT molecular complexity index is 1810. The number of fused-ring (bicyclic) bond motifs is 2. The fraction of sp³-hybridized carbons (Fsp3) is 0.296. The highest BCUT2D eigenvalue weighted by molar-refractivity contribution is 5.93. The van der Waals surface area contributed by atoms with Crippen molar-refractivity contribution < 1.29 is 8.91 Å². The molecule has 0 saturated heterocycles. The normalized spacial score (nSPS) is 24.6. The molecule has 0 aliphatic heterocycles. The van der Waals surface area contributed by atoms with E-state index in [4.69, 9.17) is 4.11 Å². The van der Waals surface area contributed by atoms with Crippen LogP contribution in [0.15, 0.2) is 66.0 Å². The molecular weight excluding hydrogens is 454 g/mol. The maximum Gasteiger partial charge on any atom is 0.272 e. The zero-order valence-electron chi connectivity index (χ0n) is 22.3. The molecule has 7 rings (SSSR count). The lowest BCUT2D eigenvalue weighted by molar-refractivity contribution is -0.0197. The fourth-order valence-electron chi connectivity index (χ4n) is 6.11. The zero-order valence-corrected chi connectivity index (χ0v) is 19.3. The summed E-state index contributed by atoms with van der Waals surface area (Å²) in [6.07, 6.45) is 10.1. The van der Waals surface area contributed by atoms with E-state index in [9.17, 15) is 9.59 Å². The predicted octanol–water partition coefficient (Wildman–Crippen LogP) is 3.43. The van der Waals surface area contributed by atoms with Crippen molar-refractivity contribution in [3.8, 4) is 11.1 Å². The second-order valence-electron chi connectivity index (χ2n) is 10.1. The molecule has 1 aromatic carbocycles. The Morgan fingerprint density at radius 2 is 1.97 bits per heavy atom. The fourth-order valence-corrected chi connectivity index (χ4v) is 6.11. The molecule has 0 unspecified atom stereocenters. The van der Waals surface area contributed by atoms with Gasteiger partial charge in [0.1, 0.15) is 11.3 Å². The Labute approximate surface area is 210 Å². The van der Waals surface area contributed by atoms with Crippen LogP contribution >= 0.6 is 0 Å². The molecule has 2 aliphatic carbocycles. The Morgan fingerprint density at radius 1 is 1.14 bits per heavy atom. The van der Waals surface area contributed by atoms with Gasteiger partial charge < -0.3 is 5.32 Å². The number of aryl methyl sites for hydroxylation is 1. The smallest absolute Gasteiger partial charge is 0.272 e. The van der Waals surface area contributed by atoms with Crippen LogP contribution in [0.3, 0.4) is 0 Å². The maximum atomic E-state index is 13.1. The minimum atomic E-state index is -2.34. The number of H-pyrrole nitrogens is 1. The van der Waals surface area contributed by atoms with Crippen molar-refractivity contribution in [2.75, 3.05) is 0 Å². The van der Waals surface area contributed by atoms with Gasteiger partial charge in [-0.1, -0.05) is 18.2 Å². The summed E-state index contributed by atoms with van der Waals surface area (Å²) in [7, 11) is 0. The molecule has 180 valence electrons. The van der Waals surface area contributed by atoms with Gasteiger partial charge >= 0.3 is 0 Å². The number of pyridine rings is 1. The van der Waals surface area contributed by atoms with Crippen molar-refractivity contribution in [3.05, 3.63) is 82.9 Å². The molecule has 5 aromatic rings. The maximum absolute atomic E-state index is 13.1. The van der Waals surface area contributed by atoms with Crippen LogP contribution in [0.5, 0.6) is 0 Å². The summed E-state index contributed by atoms with van der Waals surface area (Å²) >= 11 is 0. The molecule has 4 heterocycles. The van der Waals surface area contributed by atoms with E-state index in [1.807, 2.05) is 30.3 Å². The molecule has 2 saturated carbocycles. The lowest BCUT2D eigenvalue weighted by atomic mass is 9.49. The summed E-state index contributed by atoms with van der Waals surface area (Å²) in [4.78, 5) is 29.6. The Hall–Kier alpha value is -4.27. The number of aromatic amines is 1. The molecule has 0 bridgehead atoms. The van der Waals surface area contributed by atoms with Crippen LogP contribution in [0.4, 0.5) is 0 Å². The van der Waals surface area contributed by atoms with Gasteiger partial charge in [0.05, 0.1) is 23.5 Å². The third-order valence-electron chi connectivity index (χ3n) is 7.83. The van der Waals surface area contributed by atoms with Gasteiger partial charge in [0.15, 0.2) is 0 Å². The summed E-state index contributed by atoms with van der Waals surface area (Å²) in [5.41, 5.74) is 3.47. The van der Waals surface area contributed by atoms with Crippen molar-refractivity contribution in [2.24, 2.45) is 12.4 Å². The van der Waals surface area contributed by atoms with Gasteiger partial charge in [0.25, 0.3) is 11.5 Å².